The molecule has 0 aromatic heterocycles. The Labute approximate surface area is 200 Å². The standard InChI is InChI=1S/C25H24BrN3O4/c1-16-6-4-7-17(2)22(16)28-24(30)25(31)29-27-14-19-8-5-9-21(32-3)23(19)33-15-18-10-12-20(26)13-11-18/h4-14H,15H2,1-3H3,(H,28,30)(H,29,31)/b27-14-. The number of hydrazone groups is 1. The summed E-state index contributed by atoms with van der Waals surface area (Å²) in [6, 6.07) is 18.7. The Hall–Kier alpha value is -3.65. The van der Waals surface area contributed by atoms with E-state index >= 15 is 0 Å². The lowest BCUT2D eigenvalue weighted by atomic mass is 10.1. The molecule has 0 spiro atoms. The van der Waals surface area contributed by atoms with Gasteiger partial charge >= 0.3 is 11.8 Å². The maximum Gasteiger partial charge on any atom is 0.329 e. The fourth-order valence-electron chi connectivity index (χ4n) is 3.08. The van der Waals surface area contributed by atoms with Crippen molar-refractivity contribution in [2.75, 3.05) is 12.4 Å². The number of aryl methyl sites for hydroxylation is 2. The second kappa shape index (κ2) is 11.3. The molecular weight excluding hydrogens is 486 g/mol. The summed E-state index contributed by atoms with van der Waals surface area (Å²) in [6.45, 7) is 4.04. The predicted octanol–water partition coefficient (Wildman–Crippen LogP) is 4.74. The molecule has 0 heterocycles. The lowest BCUT2D eigenvalue weighted by molar-refractivity contribution is -0.136. The van der Waals surface area contributed by atoms with Gasteiger partial charge in [-0.25, -0.2) is 5.43 Å². The number of hydrogen-bond donors (Lipinski definition) is 2. The number of para-hydroxylation sites is 2. The maximum absolute atomic E-state index is 12.3. The Kier molecular flexibility index (Phi) is 8.21. The van der Waals surface area contributed by atoms with E-state index in [1.54, 1.807) is 25.3 Å². The Bertz CT molecular complexity index is 1160. The van der Waals surface area contributed by atoms with Crippen molar-refractivity contribution in [1.82, 2.24) is 5.43 Å². The van der Waals surface area contributed by atoms with Gasteiger partial charge in [0.05, 0.1) is 13.3 Å². The molecule has 170 valence electrons. The van der Waals surface area contributed by atoms with Gasteiger partial charge in [-0.1, -0.05) is 52.3 Å². The van der Waals surface area contributed by atoms with Gasteiger partial charge in [-0.05, 0) is 54.8 Å². The first-order valence-electron chi connectivity index (χ1n) is 10.1. The number of ether oxygens (including phenoxy) is 2. The third-order valence-corrected chi connectivity index (χ3v) is 5.35. The number of carbonyl (C=O) groups excluding carboxylic acids is 2. The van der Waals surface area contributed by atoms with Crippen molar-refractivity contribution >= 4 is 39.6 Å². The monoisotopic (exact) mass is 509 g/mol. The zero-order valence-corrected chi connectivity index (χ0v) is 20.1. The van der Waals surface area contributed by atoms with E-state index in [4.69, 9.17) is 9.47 Å². The SMILES string of the molecule is COc1cccc(/C=N\NC(=O)C(=O)Nc2c(C)cccc2C)c1OCc1ccc(Br)cc1. The zero-order chi connectivity index (χ0) is 23.8. The molecule has 0 aliphatic carbocycles. The fourth-order valence-corrected chi connectivity index (χ4v) is 3.34. The van der Waals surface area contributed by atoms with E-state index in [2.05, 4.69) is 31.8 Å². The minimum atomic E-state index is -0.880. The van der Waals surface area contributed by atoms with Crippen LogP contribution in [0, 0.1) is 13.8 Å². The molecular formula is C25H24BrN3O4. The highest BCUT2D eigenvalue weighted by Gasteiger charge is 2.15. The van der Waals surface area contributed by atoms with Crippen molar-refractivity contribution in [1.29, 1.82) is 0 Å². The van der Waals surface area contributed by atoms with Crippen LogP contribution in [0.3, 0.4) is 0 Å². The highest BCUT2D eigenvalue weighted by atomic mass is 79.9. The Morgan fingerprint density at radius 1 is 0.970 bits per heavy atom. The number of nitrogens with one attached hydrogen (secondary N) is 2. The van der Waals surface area contributed by atoms with E-state index in [1.807, 2.05) is 56.3 Å². The Morgan fingerprint density at radius 2 is 1.64 bits per heavy atom. The van der Waals surface area contributed by atoms with Crippen LogP contribution in [0.2, 0.25) is 0 Å². The van der Waals surface area contributed by atoms with Crippen molar-refractivity contribution in [3.8, 4) is 11.5 Å². The van der Waals surface area contributed by atoms with Crippen LogP contribution >= 0.6 is 15.9 Å². The summed E-state index contributed by atoms with van der Waals surface area (Å²) < 4.78 is 12.4. The average Bonchev–Trinajstić information content (AvgIpc) is 2.81. The summed E-state index contributed by atoms with van der Waals surface area (Å²) in [5, 5.41) is 6.55. The molecule has 0 aliphatic heterocycles. The summed E-state index contributed by atoms with van der Waals surface area (Å²) in [5.74, 6) is -0.688. The molecule has 0 unspecified atom stereocenters. The van der Waals surface area contributed by atoms with Crippen LogP contribution in [0.15, 0.2) is 70.2 Å². The molecule has 3 aromatic carbocycles. The van der Waals surface area contributed by atoms with Gasteiger partial charge in [0.1, 0.15) is 6.61 Å². The first kappa shape index (κ1) is 24.0. The second-order valence-electron chi connectivity index (χ2n) is 7.21. The number of halogens is 1. The third-order valence-electron chi connectivity index (χ3n) is 4.82. The van der Waals surface area contributed by atoms with E-state index in [0.29, 0.717) is 29.4 Å². The molecule has 0 bridgehead atoms. The Morgan fingerprint density at radius 3 is 2.30 bits per heavy atom. The molecule has 0 aliphatic rings. The van der Waals surface area contributed by atoms with E-state index in [0.717, 1.165) is 21.2 Å². The van der Waals surface area contributed by atoms with Crippen LogP contribution in [0.4, 0.5) is 5.69 Å². The van der Waals surface area contributed by atoms with Gasteiger partial charge in [-0.15, -0.1) is 0 Å². The summed E-state index contributed by atoms with van der Waals surface area (Å²) in [7, 11) is 1.54. The largest absolute Gasteiger partial charge is 0.493 e. The van der Waals surface area contributed by atoms with Gasteiger partial charge in [0.25, 0.3) is 0 Å². The van der Waals surface area contributed by atoms with Crippen LogP contribution < -0.4 is 20.2 Å². The molecule has 8 heteroatoms. The number of amides is 2. The first-order valence-corrected chi connectivity index (χ1v) is 10.9. The third kappa shape index (κ3) is 6.43. The quantitative estimate of drug-likeness (QED) is 0.273. The van der Waals surface area contributed by atoms with Crippen molar-refractivity contribution in [3.63, 3.8) is 0 Å². The van der Waals surface area contributed by atoms with Crippen LogP contribution in [0.25, 0.3) is 0 Å². The lowest BCUT2D eigenvalue weighted by Crippen LogP contribution is -2.32. The summed E-state index contributed by atoms with van der Waals surface area (Å²) in [6.07, 6.45) is 1.41. The van der Waals surface area contributed by atoms with E-state index in [1.165, 1.54) is 6.21 Å². The van der Waals surface area contributed by atoms with E-state index in [9.17, 15) is 9.59 Å². The second-order valence-corrected chi connectivity index (χ2v) is 8.13. The molecule has 33 heavy (non-hydrogen) atoms. The molecule has 0 saturated heterocycles. The number of hydrogen-bond acceptors (Lipinski definition) is 5. The number of anilines is 1. The van der Waals surface area contributed by atoms with Gasteiger partial charge in [-0.2, -0.15) is 5.10 Å². The molecule has 7 nitrogen and oxygen atoms in total. The Balaban J connectivity index is 1.68. The van der Waals surface area contributed by atoms with Crippen molar-refractivity contribution in [2.24, 2.45) is 5.10 Å². The van der Waals surface area contributed by atoms with Crippen LogP contribution in [0.5, 0.6) is 11.5 Å². The maximum atomic E-state index is 12.3. The molecule has 0 radical (unpaired) electrons. The van der Waals surface area contributed by atoms with Gasteiger partial charge in [-0.3, -0.25) is 9.59 Å². The van der Waals surface area contributed by atoms with Crippen molar-refractivity contribution in [3.05, 3.63) is 87.4 Å². The van der Waals surface area contributed by atoms with Gasteiger partial charge < -0.3 is 14.8 Å². The molecule has 2 amide bonds. The average molecular weight is 510 g/mol. The molecule has 0 fully saturated rings. The van der Waals surface area contributed by atoms with E-state index < -0.39 is 11.8 Å². The number of carbonyl (C=O) groups is 2. The van der Waals surface area contributed by atoms with Gasteiger partial charge in [0, 0.05) is 15.7 Å². The highest BCUT2D eigenvalue weighted by molar-refractivity contribution is 9.10. The number of nitrogens with zero attached hydrogens (tertiary/aromatic N) is 1. The fraction of sp³-hybridized carbons (Fsp3) is 0.160. The first-order chi connectivity index (χ1) is 15.9. The topological polar surface area (TPSA) is 89.0 Å². The smallest absolute Gasteiger partial charge is 0.329 e. The van der Waals surface area contributed by atoms with Crippen LogP contribution in [-0.4, -0.2) is 25.1 Å². The minimum absolute atomic E-state index is 0.318. The molecule has 2 N–H and O–H groups in total. The normalized spacial score (nSPS) is 10.7. The van der Waals surface area contributed by atoms with Crippen molar-refractivity contribution < 1.29 is 19.1 Å². The summed E-state index contributed by atoms with van der Waals surface area (Å²) in [5.41, 5.74) is 6.15. The highest BCUT2D eigenvalue weighted by Crippen LogP contribution is 2.31. The molecule has 3 rings (SSSR count). The predicted molar refractivity (Wildman–Crippen MR) is 132 cm³/mol. The number of methoxy groups -OCH3 is 1. The summed E-state index contributed by atoms with van der Waals surface area (Å²) >= 11 is 3.41. The number of rotatable bonds is 7. The van der Waals surface area contributed by atoms with E-state index in [-0.39, 0.29) is 0 Å². The van der Waals surface area contributed by atoms with Gasteiger partial charge in [0.15, 0.2) is 11.5 Å². The van der Waals surface area contributed by atoms with Gasteiger partial charge in [0.2, 0.25) is 0 Å². The minimum Gasteiger partial charge on any atom is -0.493 e. The molecule has 0 saturated carbocycles. The lowest BCUT2D eigenvalue weighted by Gasteiger charge is -2.13. The number of benzene rings is 3. The van der Waals surface area contributed by atoms with Crippen LogP contribution in [-0.2, 0) is 16.2 Å². The van der Waals surface area contributed by atoms with Crippen molar-refractivity contribution in [2.45, 2.75) is 20.5 Å². The molecule has 3 aromatic rings. The van der Waals surface area contributed by atoms with Crippen LogP contribution in [0.1, 0.15) is 22.3 Å². The molecule has 0 atom stereocenters. The summed E-state index contributed by atoms with van der Waals surface area (Å²) in [4.78, 5) is 24.5. The zero-order valence-electron chi connectivity index (χ0n) is 18.5.